The van der Waals surface area contributed by atoms with E-state index in [1.54, 1.807) is 18.5 Å². The maximum atomic E-state index is 11.1. The minimum absolute atomic E-state index is 0.0526. The molecule has 0 atom stereocenters. The first-order valence-corrected chi connectivity index (χ1v) is 6.48. The van der Waals surface area contributed by atoms with Crippen LogP contribution in [0.1, 0.15) is 28.1 Å². The largest absolute Gasteiger partial charge is 0.475 e. The third-order valence-corrected chi connectivity index (χ3v) is 3.00. The molecule has 0 saturated carbocycles. The van der Waals surface area contributed by atoms with Crippen LogP contribution in [0.5, 0.6) is 0 Å². The molecule has 0 radical (unpaired) electrons. The van der Waals surface area contributed by atoms with E-state index in [0.29, 0.717) is 31.6 Å². The molecule has 2 rings (SSSR count). The Balaban J connectivity index is 2.11. The van der Waals surface area contributed by atoms with Crippen molar-refractivity contribution in [1.82, 2.24) is 9.88 Å². The van der Waals surface area contributed by atoms with Crippen LogP contribution in [0.15, 0.2) is 41.3 Å². The van der Waals surface area contributed by atoms with Crippen LogP contribution in [0.4, 0.5) is 0 Å². The van der Waals surface area contributed by atoms with Gasteiger partial charge >= 0.3 is 5.97 Å². The average molecular weight is 285 g/mol. The van der Waals surface area contributed by atoms with Crippen molar-refractivity contribution in [3.63, 3.8) is 0 Å². The Bertz CT molecular complexity index is 631. The third-order valence-electron chi connectivity index (χ3n) is 3.00. The fraction of sp³-hybridized carbons (Fsp3) is 0.267. The molecule has 0 bridgehead atoms. The molecule has 0 amide bonds. The summed E-state index contributed by atoms with van der Waals surface area (Å²) in [5.74, 6) is -1.14. The molecule has 6 nitrogen and oxygen atoms in total. The maximum Gasteiger partial charge on any atom is 0.372 e. The van der Waals surface area contributed by atoms with Crippen LogP contribution in [0.2, 0.25) is 0 Å². The monoisotopic (exact) mass is 285 g/mol. The lowest BCUT2D eigenvalue weighted by molar-refractivity contribution is 0.0659. The Morgan fingerprint density at radius 1 is 1.43 bits per heavy atom. The van der Waals surface area contributed by atoms with E-state index in [1.165, 1.54) is 6.26 Å². The van der Waals surface area contributed by atoms with Crippen LogP contribution in [-0.4, -0.2) is 27.5 Å². The second kappa shape index (κ2) is 7.22. The highest BCUT2D eigenvalue weighted by molar-refractivity contribution is 5.86. The average Bonchev–Trinajstić information content (AvgIpc) is 2.94. The van der Waals surface area contributed by atoms with Gasteiger partial charge in [-0.2, -0.15) is 5.26 Å². The predicted octanol–water partition coefficient (Wildman–Crippen LogP) is 2.29. The van der Waals surface area contributed by atoms with Gasteiger partial charge in [0.1, 0.15) is 0 Å². The number of furan rings is 1. The molecule has 1 N–H and O–H groups in total. The van der Waals surface area contributed by atoms with Crippen molar-refractivity contribution in [1.29, 1.82) is 5.26 Å². The molecule has 2 aromatic heterocycles. The molecule has 0 saturated heterocycles. The fourth-order valence-electron chi connectivity index (χ4n) is 2.06. The summed E-state index contributed by atoms with van der Waals surface area (Å²) in [6, 6.07) is 7.54. The van der Waals surface area contributed by atoms with Gasteiger partial charge in [-0.15, -0.1) is 0 Å². The van der Waals surface area contributed by atoms with Crippen molar-refractivity contribution in [3.8, 4) is 6.07 Å². The number of carboxylic acids is 1. The van der Waals surface area contributed by atoms with Crippen molar-refractivity contribution >= 4 is 5.97 Å². The first-order valence-electron chi connectivity index (χ1n) is 6.48. The van der Waals surface area contributed by atoms with Gasteiger partial charge in [-0.05, 0) is 17.7 Å². The number of carbonyl (C=O) groups is 1. The molecule has 0 fully saturated rings. The molecule has 2 aromatic rings. The zero-order chi connectivity index (χ0) is 15.1. The number of aromatic carboxylic acids is 1. The standard InChI is InChI=1S/C15H15N3O3/c16-5-2-7-18(10-12-3-1-6-17-9-12)11-13-4-8-21-14(13)15(19)20/h1,3-4,6,8-9H,2,7,10-11H2,(H,19,20). The van der Waals surface area contributed by atoms with E-state index in [2.05, 4.69) is 11.1 Å². The lowest BCUT2D eigenvalue weighted by Gasteiger charge is -2.20. The summed E-state index contributed by atoms with van der Waals surface area (Å²) >= 11 is 0. The van der Waals surface area contributed by atoms with Crippen molar-refractivity contribution in [3.05, 3.63) is 53.7 Å². The second-order valence-electron chi connectivity index (χ2n) is 4.56. The molecule has 0 aliphatic heterocycles. The Morgan fingerprint density at radius 3 is 2.95 bits per heavy atom. The van der Waals surface area contributed by atoms with Crippen LogP contribution < -0.4 is 0 Å². The van der Waals surface area contributed by atoms with Gasteiger partial charge in [-0.25, -0.2) is 4.79 Å². The highest BCUT2D eigenvalue weighted by Gasteiger charge is 2.17. The number of carboxylic acid groups (broad SMARTS) is 1. The van der Waals surface area contributed by atoms with Gasteiger partial charge in [-0.1, -0.05) is 6.07 Å². The molecule has 0 spiro atoms. The minimum Gasteiger partial charge on any atom is -0.475 e. The summed E-state index contributed by atoms with van der Waals surface area (Å²) in [6.07, 6.45) is 5.19. The number of aromatic nitrogens is 1. The van der Waals surface area contributed by atoms with Gasteiger partial charge in [0.15, 0.2) is 0 Å². The summed E-state index contributed by atoms with van der Waals surface area (Å²) in [6.45, 7) is 1.56. The van der Waals surface area contributed by atoms with Crippen LogP contribution in [0.3, 0.4) is 0 Å². The Labute approximate surface area is 122 Å². The fourth-order valence-corrected chi connectivity index (χ4v) is 2.06. The Kier molecular flexibility index (Phi) is 5.07. The van der Waals surface area contributed by atoms with E-state index >= 15 is 0 Å². The van der Waals surface area contributed by atoms with Gasteiger partial charge in [0.25, 0.3) is 0 Å². The van der Waals surface area contributed by atoms with E-state index in [0.717, 1.165) is 5.56 Å². The van der Waals surface area contributed by atoms with Crippen molar-refractivity contribution < 1.29 is 14.3 Å². The van der Waals surface area contributed by atoms with Crippen LogP contribution >= 0.6 is 0 Å². The third kappa shape index (κ3) is 4.16. The molecule has 6 heteroatoms. The molecular weight excluding hydrogens is 270 g/mol. The zero-order valence-electron chi connectivity index (χ0n) is 11.4. The quantitative estimate of drug-likeness (QED) is 0.839. The minimum atomic E-state index is -1.09. The molecule has 2 heterocycles. The highest BCUT2D eigenvalue weighted by Crippen LogP contribution is 2.15. The Hall–Kier alpha value is -2.65. The van der Waals surface area contributed by atoms with Crippen LogP contribution in [0, 0.1) is 11.3 Å². The van der Waals surface area contributed by atoms with E-state index in [9.17, 15) is 4.79 Å². The highest BCUT2D eigenvalue weighted by atomic mass is 16.4. The van der Waals surface area contributed by atoms with Gasteiger partial charge < -0.3 is 9.52 Å². The molecule has 0 aliphatic rings. The van der Waals surface area contributed by atoms with Crippen molar-refractivity contribution in [2.24, 2.45) is 0 Å². The van der Waals surface area contributed by atoms with Gasteiger partial charge in [0.2, 0.25) is 5.76 Å². The van der Waals surface area contributed by atoms with Gasteiger partial charge in [0, 0.05) is 44.0 Å². The predicted molar refractivity (Wildman–Crippen MR) is 74.2 cm³/mol. The maximum absolute atomic E-state index is 11.1. The number of hydrogen-bond acceptors (Lipinski definition) is 5. The van der Waals surface area contributed by atoms with Crippen molar-refractivity contribution in [2.75, 3.05) is 6.54 Å². The first-order chi connectivity index (χ1) is 10.2. The van der Waals surface area contributed by atoms with Crippen molar-refractivity contribution in [2.45, 2.75) is 19.5 Å². The number of pyridine rings is 1. The summed E-state index contributed by atoms with van der Waals surface area (Å²) in [4.78, 5) is 17.1. The van der Waals surface area contributed by atoms with E-state index in [-0.39, 0.29) is 5.76 Å². The second-order valence-corrected chi connectivity index (χ2v) is 4.56. The van der Waals surface area contributed by atoms with E-state index in [4.69, 9.17) is 14.8 Å². The van der Waals surface area contributed by atoms with Gasteiger partial charge in [-0.3, -0.25) is 9.88 Å². The molecule has 0 aromatic carbocycles. The summed E-state index contributed by atoms with van der Waals surface area (Å²) < 4.78 is 4.98. The molecule has 0 unspecified atom stereocenters. The number of hydrogen-bond donors (Lipinski definition) is 1. The number of nitriles is 1. The molecule has 108 valence electrons. The van der Waals surface area contributed by atoms with Crippen LogP contribution in [0.25, 0.3) is 0 Å². The topological polar surface area (TPSA) is 90.4 Å². The molecular formula is C15H15N3O3. The van der Waals surface area contributed by atoms with E-state index in [1.807, 2.05) is 17.0 Å². The Morgan fingerprint density at radius 2 is 2.29 bits per heavy atom. The first kappa shape index (κ1) is 14.8. The normalized spacial score (nSPS) is 10.5. The zero-order valence-corrected chi connectivity index (χ0v) is 11.4. The summed E-state index contributed by atoms with van der Waals surface area (Å²) in [5, 5.41) is 17.8. The SMILES string of the molecule is N#CCCN(Cc1cccnc1)Cc1ccoc1C(=O)O. The summed E-state index contributed by atoms with van der Waals surface area (Å²) in [5.41, 5.74) is 1.61. The number of rotatable bonds is 7. The molecule has 21 heavy (non-hydrogen) atoms. The number of nitrogens with zero attached hydrogens (tertiary/aromatic N) is 3. The summed E-state index contributed by atoms with van der Waals surface area (Å²) in [7, 11) is 0. The lowest BCUT2D eigenvalue weighted by atomic mass is 10.2. The van der Waals surface area contributed by atoms with E-state index < -0.39 is 5.97 Å². The lowest BCUT2D eigenvalue weighted by Crippen LogP contribution is -2.24. The smallest absolute Gasteiger partial charge is 0.372 e. The molecule has 0 aliphatic carbocycles. The van der Waals surface area contributed by atoms with Gasteiger partial charge in [0.05, 0.1) is 12.3 Å². The van der Waals surface area contributed by atoms with Crippen LogP contribution in [-0.2, 0) is 13.1 Å².